The number of nitrogens with one attached hydrogen (secondary N) is 1. The number of likely N-dealkylation sites (tertiary alicyclic amines) is 1. The predicted molar refractivity (Wildman–Crippen MR) is 90.3 cm³/mol. The highest BCUT2D eigenvalue weighted by Gasteiger charge is 2.44. The minimum atomic E-state index is -1.21. The van der Waals surface area contributed by atoms with Gasteiger partial charge in [-0.3, -0.25) is 9.59 Å². The van der Waals surface area contributed by atoms with Gasteiger partial charge in [-0.15, -0.1) is 0 Å². The van der Waals surface area contributed by atoms with Crippen molar-refractivity contribution in [2.75, 3.05) is 18.9 Å². The summed E-state index contributed by atoms with van der Waals surface area (Å²) < 4.78 is 40.9. The van der Waals surface area contributed by atoms with E-state index in [2.05, 4.69) is 5.32 Å². The van der Waals surface area contributed by atoms with Crippen LogP contribution in [0.4, 0.5) is 18.9 Å². The SMILES string of the molecule is CN1C[C@H](c2ccc(Cl)c(F)c2)[C@@H](C(=O)Nc2cccc(F)c2F)C1=O. The third-order valence-corrected chi connectivity index (χ3v) is 4.69. The molecule has 0 aromatic heterocycles. The average Bonchev–Trinajstić information content (AvgIpc) is 2.89. The van der Waals surface area contributed by atoms with E-state index in [-0.39, 0.29) is 17.3 Å². The molecule has 3 rings (SSSR count). The molecule has 1 heterocycles. The van der Waals surface area contributed by atoms with Gasteiger partial charge < -0.3 is 10.2 Å². The van der Waals surface area contributed by atoms with Gasteiger partial charge in [-0.1, -0.05) is 23.7 Å². The molecule has 2 aromatic rings. The fourth-order valence-electron chi connectivity index (χ4n) is 3.05. The van der Waals surface area contributed by atoms with Crippen molar-refractivity contribution in [3.8, 4) is 0 Å². The molecule has 0 aliphatic carbocycles. The van der Waals surface area contributed by atoms with Crippen LogP contribution < -0.4 is 5.32 Å². The summed E-state index contributed by atoms with van der Waals surface area (Å²) in [5.41, 5.74) is 0.0582. The average molecular weight is 383 g/mol. The van der Waals surface area contributed by atoms with Crippen LogP contribution in [0.5, 0.6) is 0 Å². The molecule has 1 saturated heterocycles. The van der Waals surface area contributed by atoms with Crippen LogP contribution in [0.15, 0.2) is 36.4 Å². The molecule has 0 unspecified atom stereocenters. The summed E-state index contributed by atoms with van der Waals surface area (Å²) in [5, 5.41) is 2.17. The van der Waals surface area contributed by atoms with E-state index in [9.17, 15) is 22.8 Å². The molecular weight excluding hydrogens is 369 g/mol. The van der Waals surface area contributed by atoms with Gasteiger partial charge in [0.25, 0.3) is 0 Å². The highest BCUT2D eigenvalue weighted by molar-refractivity contribution is 6.30. The number of anilines is 1. The summed E-state index contributed by atoms with van der Waals surface area (Å²) in [7, 11) is 1.51. The molecule has 1 aliphatic rings. The van der Waals surface area contributed by atoms with Gasteiger partial charge in [0, 0.05) is 19.5 Å². The molecule has 0 radical (unpaired) electrons. The van der Waals surface area contributed by atoms with Crippen molar-refractivity contribution in [1.82, 2.24) is 4.90 Å². The van der Waals surface area contributed by atoms with Crippen molar-refractivity contribution < 1.29 is 22.8 Å². The van der Waals surface area contributed by atoms with E-state index in [1.807, 2.05) is 0 Å². The molecule has 0 spiro atoms. The van der Waals surface area contributed by atoms with Crippen molar-refractivity contribution in [3.05, 3.63) is 64.4 Å². The zero-order valence-corrected chi connectivity index (χ0v) is 14.4. The smallest absolute Gasteiger partial charge is 0.237 e. The first kappa shape index (κ1) is 18.3. The van der Waals surface area contributed by atoms with Gasteiger partial charge in [-0.05, 0) is 29.8 Å². The summed E-state index contributed by atoms with van der Waals surface area (Å²) in [6.45, 7) is 0.184. The molecule has 1 N–H and O–H groups in total. The Balaban J connectivity index is 1.91. The second kappa shape index (κ2) is 6.99. The van der Waals surface area contributed by atoms with Crippen LogP contribution in [0.25, 0.3) is 0 Å². The number of rotatable bonds is 3. The maximum absolute atomic E-state index is 13.8. The minimum absolute atomic E-state index is 0.0748. The quantitative estimate of drug-likeness (QED) is 0.825. The van der Waals surface area contributed by atoms with E-state index in [0.29, 0.717) is 5.56 Å². The van der Waals surface area contributed by atoms with Gasteiger partial charge in [-0.25, -0.2) is 13.2 Å². The molecule has 1 fully saturated rings. The highest BCUT2D eigenvalue weighted by Crippen LogP contribution is 2.35. The zero-order valence-electron chi connectivity index (χ0n) is 13.6. The van der Waals surface area contributed by atoms with E-state index < -0.39 is 41.1 Å². The number of amides is 2. The third-order valence-electron chi connectivity index (χ3n) is 4.38. The maximum Gasteiger partial charge on any atom is 0.237 e. The van der Waals surface area contributed by atoms with E-state index in [1.165, 1.54) is 42.3 Å². The standard InChI is InChI=1S/C18H14ClF3N2O2/c1-24-8-10(9-5-6-11(19)13(21)7-9)15(18(24)26)17(25)23-14-4-2-3-12(20)16(14)22/h2-7,10,15H,8H2,1H3,(H,23,25)/t10-,15+/m1/s1. The molecule has 2 amide bonds. The first-order valence-electron chi connectivity index (χ1n) is 7.74. The molecule has 26 heavy (non-hydrogen) atoms. The number of carbonyl (C=O) groups excluding carboxylic acids is 2. The highest BCUT2D eigenvalue weighted by atomic mass is 35.5. The van der Waals surface area contributed by atoms with Gasteiger partial charge in [-0.2, -0.15) is 0 Å². The number of likely N-dealkylation sites (N-methyl/N-ethyl adjacent to an activating group) is 1. The number of hydrogen-bond donors (Lipinski definition) is 1. The summed E-state index contributed by atoms with van der Waals surface area (Å²) in [6.07, 6.45) is 0. The summed E-state index contributed by atoms with van der Waals surface area (Å²) in [6, 6.07) is 7.39. The number of hydrogen-bond acceptors (Lipinski definition) is 2. The monoisotopic (exact) mass is 382 g/mol. The minimum Gasteiger partial charge on any atom is -0.344 e. The van der Waals surface area contributed by atoms with Crippen molar-refractivity contribution in [1.29, 1.82) is 0 Å². The molecule has 2 aromatic carbocycles. The van der Waals surface area contributed by atoms with Gasteiger partial charge in [0.05, 0.1) is 10.7 Å². The normalized spacial score (nSPS) is 19.7. The van der Waals surface area contributed by atoms with E-state index >= 15 is 0 Å². The Morgan fingerprint density at radius 2 is 1.92 bits per heavy atom. The van der Waals surface area contributed by atoms with E-state index in [0.717, 1.165) is 6.07 Å². The Morgan fingerprint density at radius 1 is 1.19 bits per heavy atom. The molecular formula is C18H14ClF3N2O2. The summed E-state index contributed by atoms with van der Waals surface area (Å²) >= 11 is 5.67. The van der Waals surface area contributed by atoms with Gasteiger partial charge >= 0.3 is 0 Å². The number of benzene rings is 2. The third kappa shape index (κ3) is 3.26. The van der Waals surface area contributed by atoms with Crippen LogP contribution in [-0.2, 0) is 9.59 Å². The molecule has 0 bridgehead atoms. The van der Waals surface area contributed by atoms with Gasteiger partial charge in [0.1, 0.15) is 11.7 Å². The van der Waals surface area contributed by atoms with Crippen LogP contribution in [0.1, 0.15) is 11.5 Å². The lowest BCUT2D eigenvalue weighted by Crippen LogP contribution is -2.33. The second-order valence-corrected chi connectivity index (χ2v) is 6.47. The Labute approximate surface area is 152 Å². The molecule has 1 aliphatic heterocycles. The van der Waals surface area contributed by atoms with Crippen LogP contribution in [-0.4, -0.2) is 30.3 Å². The Morgan fingerprint density at radius 3 is 2.62 bits per heavy atom. The Bertz CT molecular complexity index is 891. The van der Waals surface area contributed by atoms with Crippen molar-refractivity contribution in [3.63, 3.8) is 0 Å². The number of nitrogens with zero attached hydrogens (tertiary/aromatic N) is 1. The zero-order chi connectivity index (χ0) is 19.0. The summed E-state index contributed by atoms with van der Waals surface area (Å²) in [5.74, 6) is -6.10. The molecule has 2 atom stereocenters. The van der Waals surface area contributed by atoms with Crippen LogP contribution in [0.2, 0.25) is 5.02 Å². The lowest BCUT2D eigenvalue weighted by molar-refractivity contribution is -0.135. The number of carbonyl (C=O) groups is 2. The summed E-state index contributed by atoms with van der Waals surface area (Å²) in [4.78, 5) is 26.3. The largest absolute Gasteiger partial charge is 0.344 e. The van der Waals surface area contributed by atoms with Gasteiger partial charge in [0.2, 0.25) is 11.8 Å². The lowest BCUT2D eigenvalue weighted by atomic mass is 9.87. The van der Waals surface area contributed by atoms with Gasteiger partial charge in [0.15, 0.2) is 11.6 Å². The van der Waals surface area contributed by atoms with Crippen LogP contribution in [0.3, 0.4) is 0 Å². The fraction of sp³-hybridized carbons (Fsp3) is 0.222. The Kier molecular flexibility index (Phi) is 4.91. The Hall–Kier alpha value is -2.54. The fourth-order valence-corrected chi connectivity index (χ4v) is 3.16. The predicted octanol–water partition coefficient (Wildman–Crippen LogP) is 3.57. The maximum atomic E-state index is 13.8. The first-order valence-corrected chi connectivity index (χ1v) is 8.12. The number of halogens is 4. The lowest BCUT2D eigenvalue weighted by Gasteiger charge is -2.17. The van der Waals surface area contributed by atoms with Crippen LogP contribution in [0, 0.1) is 23.4 Å². The second-order valence-electron chi connectivity index (χ2n) is 6.07. The molecule has 136 valence electrons. The van der Waals surface area contributed by atoms with Crippen molar-refractivity contribution >= 4 is 29.1 Å². The van der Waals surface area contributed by atoms with Crippen molar-refractivity contribution in [2.24, 2.45) is 5.92 Å². The van der Waals surface area contributed by atoms with Crippen LogP contribution >= 0.6 is 11.6 Å². The van der Waals surface area contributed by atoms with E-state index in [1.54, 1.807) is 0 Å². The molecule has 4 nitrogen and oxygen atoms in total. The molecule has 8 heteroatoms. The first-order chi connectivity index (χ1) is 12.3. The van der Waals surface area contributed by atoms with Crippen molar-refractivity contribution in [2.45, 2.75) is 5.92 Å². The van der Waals surface area contributed by atoms with E-state index in [4.69, 9.17) is 11.6 Å². The molecule has 0 saturated carbocycles. The topological polar surface area (TPSA) is 49.4 Å².